The minimum absolute atomic E-state index is 0.0121. The molecule has 0 saturated carbocycles. The number of aryl methyl sites for hydroxylation is 1. The summed E-state index contributed by atoms with van der Waals surface area (Å²) in [5.41, 5.74) is 3.46. The molecule has 2 aliphatic heterocycles. The van der Waals surface area contributed by atoms with Gasteiger partial charge in [-0.3, -0.25) is 4.90 Å². The summed E-state index contributed by atoms with van der Waals surface area (Å²) in [6, 6.07) is 6.24. The van der Waals surface area contributed by atoms with Gasteiger partial charge < -0.3 is 14.8 Å². The maximum absolute atomic E-state index is 12.5. The summed E-state index contributed by atoms with van der Waals surface area (Å²) in [6.45, 7) is 6.73. The second-order valence-electron chi connectivity index (χ2n) is 6.20. The Morgan fingerprint density at radius 2 is 2.41 bits per heavy atom. The van der Waals surface area contributed by atoms with E-state index in [4.69, 9.17) is 9.47 Å². The number of carbonyl (C=O) groups excluding carboxylic acids is 1. The molecule has 2 unspecified atom stereocenters. The van der Waals surface area contributed by atoms with E-state index in [-0.39, 0.29) is 18.2 Å². The van der Waals surface area contributed by atoms with Crippen LogP contribution in [0.1, 0.15) is 24.5 Å². The van der Waals surface area contributed by atoms with E-state index in [2.05, 4.69) is 30.4 Å². The number of urea groups is 1. The number of fused-ring (bicyclic) bond motifs is 1. The molecular weight excluding hydrogens is 280 g/mol. The van der Waals surface area contributed by atoms with E-state index in [1.54, 1.807) is 0 Å². The predicted octanol–water partition coefficient (Wildman–Crippen LogP) is 2.26. The molecule has 1 aromatic carbocycles. The van der Waals surface area contributed by atoms with Crippen molar-refractivity contribution in [3.05, 3.63) is 29.3 Å². The van der Waals surface area contributed by atoms with E-state index in [1.165, 1.54) is 11.1 Å². The molecule has 1 aromatic rings. The van der Waals surface area contributed by atoms with E-state index in [0.29, 0.717) is 13.2 Å². The van der Waals surface area contributed by atoms with Gasteiger partial charge in [-0.15, -0.1) is 0 Å². The SMILES string of the molecule is Cc1ccc2c(c1)N(C(=O)NC(C)COC1CCOC1)CC2. The smallest absolute Gasteiger partial charge is 0.322 e. The highest BCUT2D eigenvalue weighted by molar-refractivity contribution is 5.94. The molecule has 0 aromatic heterocycles. The number of amides is 2. The zero-order chi connectivity index (χ0) is 15.5. The van der Waals surface area contributed by atoms with E-state index >= 15 is 0 Å². The summed E-state index contributed by atoms with van der Waals surface area (Å²) in [7, 11) is 0. The summed E-state index contributed by atoms with van der Waals surface area (Å²) in [5.74, 6) is 0. The molecule has 2 atom stereocenters. The lowest BCUT2D eigenvalue weighted by atomic mass is 10.1. The first-order chi connectivity index (χ1) is 10.6. The number of carbonyl (C=O) groups is 1. The molecule has 0 spiro atoms. The number of hydrogen-bond acceptors (Lipinski definition) is 3. The Bertz CT molecular complexity index is 541. The van der Waals surface area contributed by atoms with Crippen molar-refractivity contribution in [2.24, 2.45) is 0 Å². The van der Waals surface area contributed by atoms with E-state index in [1.807, 2.05) is 11.8 Å². The molecule has 120 valence electrons. The summed E-state index contributed by atoms with van der Waals surface area (Å²) in [4.78, 5) is 14.3. The van der Waals surface area contributed by atoms with Crippen molar-refractivity contribution in [2.75, 3.05) is 31.3 Å². The molecule has 0 aliphatic carbocycles. The Hall–Kier alpha value is -1.59. The lowest BCUT2D eigenvalue weighted by Crippen LogP contribution is -2.45. The van der Waals surface area contributed by atoms with Gasteiger partial charge in [-0.2, -0.15) is 0 Å². The summed E-state index contributed by atoms with van der Waals surface area (Å²) < 4.78 is 11.0. The van der Waals surface area contributed by atoms with Crippen molar-refractivity contribution >= 4 is 11.7 Å². The quantitative estimate of drug-likeness (QED) is 0.928. The van der Waals surface area contributed by atoms with E-state index < -0.39 is 0 Å². The monoisotopic (exact) mass is 304 g/mol. The zero-order valence-electron chi connectivity index (χ0n) is 13.3. The van der Waals surface area contributed by atoms with Gasteiger partial charge >= 0.3 is 6.03 Å². The van der Waals surface area contributed by atoms with Crippen molar-refractivity contribution in [1.82, 2.24) is 5.32 Å². The van der Waals surface area contributed by atoms with Crippen molar-refractivity contribution in [3.63, 3.8) is 0 Å². The summed E-state index contributed by atoms with van der Waals surface area (Å²) in [5, 5.41) is 3.03. The molecular formula is C17H24N2O3. The fourth-order valence-corrected chi connectivity index (χ4v) is 2.96. The maximum atomic E-state index is 12.5. The third-order valence-electron chi connectivity index (χ3n) is 4.22. The van der Waals surface area contributed by atoms with Gasteiger partial charge in [-0.25, -0.2) is 4.79 Å². The van der Waals surface area contributed by atoms with Crippen LogP contribution in [0.4, 0.5) is 10.5 Å². The van der Waals surface area contributed by atoms with Crippen LogP contribution in [-0.2, 0) is 15.9 Å². The molecule has 5 heteroatoms. The third kappa shape index (κ3) is 3.42. The Kier molecular flexibility index (Phi) is 4.64. The van der Waals surface area contributed by atoms with Gasteiger partial charge in [0, 0.05) is 18.8 Å². The average molecular weight is 304 g/mol. The molecule has 2 heterocycles. The van der Waals surface area contributed by atoms with E-state index in [0.717, 1.165) is 31.7 Å². The summed E-state index contributed by atoms with van der Waals surface area (Å²) in [6.07, 6.45) is 2.04. The topological polar surface area (TPSA) is 50.8 Å². The van der Waals surface area contributed by atoms with Crippen LogP contribution in [0.3, 0.4) is 0 Å². The highest BCUT2D eigenvalue weighted by atomic mass is 16.5. The Morgan fingerprint density at radius 3 is 3.18 bits per heavy atom. The van der Waals surface area contributed by atoms with Crippen LogP contribution in [-0.4, -0.2) is 44.5 Å². The highest BCUT2D eigenvalue weighted by Crippen LogP contribution is 2.28. The first kappa shape index (κ1) is 15.3. The maximum Gasteiger partial charge on any atom is 0.322 e. The van der Waals surface area contributed by atoms with Crippen LogP contribution in [0.25, 0.3) is 0 Å². The van der Waals surface area contributed by atoms with Gasteiger partial charge in [-0.05, 0) is 43.9 Å². The predicted molar refractivity (Wildman–Crippen MR) is 85.4 cm³/mol. The van der Waals surface area contributed by atoms with E-state index in [9.17, 15) is 4.79 Å². The molecule has 5 nitrogen and oxygen atoms in total. The fraction of sp³-hybridized carbons (Fsp3) is 0.588. The van der Waals surface area contributed by atoms with Crippen LogP contribution < -0.4 is 10.2 Å². The Balaban J connectivity index is 1.53. The van der Waals surface area contributed by atoms with Crippen LogP contribution in [0, 0.1) is 6.92 Å². The van der Waals surface area contributed by atoms with Gasteiger partial charge in [0.1, 0.15) is 0 Å². The summed E-state index contributed by atoms with van der Waals surface area (Å²) >= 11 is 0. The van der Waals surface area contributed by atoms with Crippen LogP contribution in [0.15, 0.2) is 18.2 Å². The molecule has 3 rings (SSSR count). The standard InChI is InChI=1S/C17H24N2O3/c1-12-3-4-14-5-7-19(16(14)9-12)17(20)18-13(2)10-22-15-6-8-21-11-15/h3-4,9,13,15H,5-8,10-11H2,1-2H3,(H,18,20). The van der Waals surface area contributed by atoms with Gasteiger partial charge in [0.05, 0.1) is 25.4 Å². The molecule has 2 aliphatic rings. The first-order valence-corrected chi connectivity index (χ1v) is 8.00. The Labute approximate surface area is 131 Å². The second kappa shape index (κ2) is 6.67. The third-order valence-corrected chi connectivity index (χ3v) is 4.22. The van der Waals surface area contributed by atoms with Gasteiger partial charge in [0.15, 0.2) is 0 Å². The number of anilines is 1. The van der Waals surface area contributed by atoms with Crippen molar-refractivity contribution in [2.45, 2.75) is 38.8 Å². The minimum atomic E-state index is -0.0388. The van der Waals surface area contributed by atoms with Crippen LogP contribution in [0.2, 0.25) is 0 Å². The van der Waals surface area contributed by atoms with Crippen molar-refractivity contribution < 1.29 is 14.3 Å². The van der Waals surface area contributed by atoms with Crippen LogP contribution >= 0.6 is 0 Å². The van der Waals surface area contributed by atoms with Crippen molar-refractivity contribution in [1.29, 1.82) is 0 Å². The van der Waals surface area contributed by atoms with Gasteiger partial charge in [0.2, 0.25) is 0 Å². The normalized spacial score (nSPS) is 21.7. The van der Waals surface area contributed by atoms with Gasteiger partial charge in [0.25, 0.3) is 0 Å². The number of rotatable bonds is 4. The number of nitrogens with one attached hydrogen (secondary N) is 1. The zero-order valence-corrected chi connectivity index (χ0v) is 13.3. The van der Waals surface area contributed by atoms with Gasteiger partial charge in [-0.1, -0.05) is 12.1 Å². The lowest BCUT2D eigenvalue weighted by Gasteiger charge is -2.22. The number of nitrogens with zero attached hydrogens (tertiary/aromatic N) is 1. The minimum Gasteiger partial charge on any atom is -0.379 e. The number of ether oxygens (including phenoxy) is 2. The van der Waals surface area contributed by atoms with Crippen molar-refractivity contribution in [3.8, 4) is 0 Å². The molecule has 1 saturated heterocycles. The number of benzene rings is 1. The molecule has 1 N–H and O–H groups in total. The molecule has 1 fully saturated rings. The largest absolute Gasteiger partial charge is 0.379 e. The molecule has 0 bridgehead atoms. The fourth-order valence-electron chi connectivity index (χ4n) is 2.96. The molecule has 2 amide bonds. The lowest BCUT2D eigenvalue weighted by molar-refractivity contribution is 0.0339. The second-order valence-corrected chi connectivity index (χ2v) is 6.20. The number of hydrogen-bond donors (Lipinski definition) is 1. The molecule has 0 radical (unpaired) electrons. The highest BCUT2D eigenvalue weighted by Gasteiger charge is 2.26. The van der Waals surface area contributed by atoms with Crippen LogP contribution in [0.5, 0.6) is 0 Å². The first-order valence-electron chi connectivity index (χ1n) is 8.00. The average Bonchev–Trinajstić information content (AvgIpc) is 3.14. The Morgan fingerprint density at radius 1 is 1.55 bits per heavy atom. The molecule has 22 heavy (non-hydrogen) atoms.